The fourth-order valence-electron chi connectivity index (χ4n) is 5.20. The summed E-state index contributed by atoms with van der Waals surface area (Å²) < 4.78 is 5.35. The number of ether oxygens (including phenoxy) is 1. The van der Waals surface area contributed by atoms with E-state index in [1.807, 2.05) is 20.8 Å². The van der Waals surface area contributed by atoms with Crippen LogP contribution in [-0.2, 0) is 14.3 Å². The van der Waals surface area contributed by atoms with Crippen LogP contribution in [-0.4, -0.2) is 35.2 Å². The number of carbonyl (C=O) groups excluding carboxylic acids is 2. The number of aliphatic hydroxyl groups is 1. The van der Waals surface area contributed by atoms with Crippen molar-refractivity contribution in [2.75, 3.05) is 6.61 Å². The summed E-state index contributed by atoms with van der Waals surface area (Å²) in [5.41, 5.74) is -1.24. The van der Waals surface area contributed by atoms with Crippen LogP contribution in [0, 0.1) is 23.2 Å². The Morgan fingerprint density at radius 1 is 1.17 bits per heavy atom. The highest BCUT2D eigenvalue weighted by atomic mass is 16.5. The Bertz CT molecular complexity index is 487. The van der Waals surface area contributed by atoms with Gasteiger partial charge in [-0.2, -0.15) is 0 Å². The summed E-state index contributed by atoms with van der Waals surface area (Å²) >= 11 is 0. The fourth-order valence-corrected chi connectivity index (χ4v) is 5.20. The average Bonchev–Trinajstić information content (AvgIpc) is 2.41. The molecule has 0 aromatic heterocycles. The minimum atomic E-state index is -0.683. The number of esters is 1. The monoisotopic (exact) mass is 323 g/mol. The Morgan fingerprint density at radius 3 is 2.30 bits per heavy atom. The molecule has 1 amide bonds. The Kier molecular flexibility index (Phi) is 4.20. The number of hydrogen-bond acceptors (Lipinski definition) is 4. The summed E-state index contributed by atoms with van der Waals surface area (Å²) in [5, 5.41) is 13.5. The molecular weight excluding hydrogens is 294 g/mol. The molecule has 4 saturated carbocycles. The molecule has 130 valence electrons. The van der Waals surface area contributed by atoms with E-state index in [0.29, 0.717) is 24.2 Å². The smallest absolute Gasteiger partial charge is 0.312 e. The summed E-state index contributed by atoms with van der Waals surface area (Å²) in [4.78, 5) is 24.6. The second-order valence-corrected chi connectivity index (χ2v) is 8.64. The van der Waals surface area contributed by atoms with E-state index in [1.165, 1.54) is 0 Å². The van der Waals surface area contributed by atoms with E-state index < -0.39 is 11.0 Å². The zero-order valence-electron chi connectivity index (χ0n) is 14.4. The number of amides is 1. The molecule has 0 saturated heterocycles. The quantitative estimate of drug-likeness (QED) is 0.759. The van der Waals surface area contributed by atoms with Crippen LogP contribution in [0.1, 0.15) is 59.3 Å². The minimum Gasteiger partial charge on any atom is -0.455 e. The lowest BCUT2D eigenvalue weighted by Gasteiger charge is -2.58. The Hall–Kier alpha value is -1.10. The highest BCUT2D eigenvalue weighted by Crippen LogP contribution is 2.61. The van der Waals surface area contributed by atoms with Crippen molar-refractivity contribution in [1.29, 1.82) is 0 Å². The van der Waals surface area contributed by atoms with Gasteiger partial charge in [-0.15, -0.1) is 0 Å². The third-order valence-electron chi connectivity index (χ3n) is 6.19. The molecule has 5 nitrogen and oxygen atoms in total. The number of rotatable bonds is 5. The number of nitrogens with one attached hydrogen (secondary N) is 1. The molecule has 4 bridgehead atoms. The van der Waals surface area contributed by atoms with Gasteiger partial charge in [0.2, 0.25) is 0 Å². The van der Waals surface area contributed by atoms with Crippen LogP contribution in [0.3, 0.4) is 0 Å². The number of carbonyl (C=O) groups is 2. The Balaban J connectivity index is 1.57. The summed E-state index contributed by atoms with van der Waals surface area (Å²) in [6.07, 6.45) is 4.92. The van der Waals surface area contributed by atoms with Crippen molar-refractivity contribution in [3.05, 3.63) is 0 Å². The highest BCUT2D eigenvalue weighted by molar-refractivity contribution is 5.83. The van der Waals surface area contributed by atoms with Crippen molar-refractivity contribution in [2.45, 2.75) is 70.9 Å². The van der Waals surface area contributed by atoms with Gasteiger partial charge >= 0.3 is 5.97 Å². The molecule has 4 aliphatic carbocycles. The first-order chi connectivity index (χ1) is 10.7. The van der Waals surface area contributed by atoms with Crippen LogP contribution in [0.2, 0.25) is 0 Å². The predicted molar refractivity (Wildman–Crippen MR) is 85.5 cm³/mol. The second kappa shape index (κ2) is 5.76. The van der Waals surface area contributed by atoms with Gasteiger partial charge in [0, 0.05) is 6.04 Å². The molecule has 0 radical (unpaired) electrons. The summed E-state index contributed by atoms with van der Waals surface area (Å²) in [6, 6.07) is 0.0569. The first-order valence-corrected chi connectivity index (χ1v) is 8.90. The van der Waals surface area contributed by atoms with Gasteiger partial charge < -0.3 is 15.2 Å². The van der Waals surface area contributed by atoms with Crippen molar-refractivity contribution >= 4 is 11.9 Å². The standard InChI is InChI=1S/C18H29NO4/c1-11(2)12(3)19-15(20)9-23-16(21)17-5-13-4-14(6-17)8-18(22,7-13)10-17/h11-14,22H,4-10H2,1-3H3,(H,19,20)/t12-,13-,14+,17?,18?/m1/s1. The molecule has 5 heteroatoms. The lowest BCUT2D eigenvalue weighted by molar-refractivity contribution is -0.196. The van der Waals surface area contributed by atoms with Crippen molar-refractivity contribution < 1.29 is 19.4 Å². The van der Waals surface area contributed by atoms with Crippen molar-refractivity contribution in [2.24, 2.45) is 23.2 Å². The van der Waals surface area contributed by atoms with E-state index >= 15 is 0 Å². The molecule has 0 aromatic rings. The largest absolute Gasteiger partial charge is 0.455 e. The fraction of sp³-hybridized carbons (Fsp3) is 0.889. The van der Waals surface area contributed by atoms with Gasteiger partial charge in [0.25, 0.3) is 5.91 Å². The molecule has 23 heavy (non-hydrogen) atoms. The van der Waals surface area contributed by atoms with Crippen molar-refractivity contribution in [3.8, 4) is 0 Å². The summed E-state index contributed by atoms with van der Waals surface area (Å²) in [5.74, 6) is 0.680. The third-order valence-corrected chi connectivity index (χ3v) is 6.19. The zero-order chi connectivity index (χ0) is 16.8. The highest BCUT2D eigenvalue weighted by Gasteiger charge is 2.60. The maximum Gasteiger partial charge on any atom is 0.312 e. The van der Waals surface area contributed by atoms with Crippen LogP contribution in [0.25, 0.3) is 0 Å². The van der Waals surface area contributed by atoms with Crippen LogP contribution < -0.4 is 5.32 Å². The van der Waals surface area contributed by atoms with E-state index in [4.69, 9.17) is 4.74 Å². The van der Waals surface area contributed by atoms with Crippen LogP contribution in [0.5, 0.6) is 0 Å². The van der Waals surface area contributed by atoms with E-state index in [-0.39, 0.29) is 24.5 Å². The lowest BCUT2D eigenvalue weighted by Crippen LogP contribution is -2.58. The van der Waals surface area contributed by atoms with Crippen molar-refractivity contribution in [3.63, 3.8) is 0 Å². The molecule has 0 aromatic carbocycles. The average molecular weight is 323 g/mol. The summed E-state index contributed by atoms with van der Waals surface area (Å²) in [6.45, 7) is 5.80. The zero-order valence-corrected chi connectivity index (χ0v) is 14.4. The maximum absolute atomic E-state index is 12.6. The molecule has 0 spiro atoms. The Morgan fingerprint density at radius 2 is 1.78 bits per heavy atom. The number of hydrogen-bond donors (Lipinski definition) is 2. The van der Waals surface area contributed by atoms with Gasteiger partial charge in [0.05, 0.1) is 11.0 Å². The molecule has 2 N–H and O–H groups in total. The predicted octanol–water partition coefficient (Wildman–Crippen LogP) is 2.02. The van der Waals surface area contributed by atoms with E-state index in [2.05, 4.69) is 5.32 Å². The Labute approximate surface area is 138 Å². The van der Waals surface area contributed by atoms with Gasteiger partial charge in [-0.3, -0.25) is 9.59 Å². The van der Waals surface area contributed by atoms with Gasteiger partial charge in [0.1, 0.15) is 0 Å². The van der Waals surface area contributed by atoms with Crippen LogP contribution in [0.4, 0.5) is 0 Å². The van der Waals surface area contributed by atoms with Crippen LogP contribution >= 0.6 is 0 Å². The van der Waals surface area contributed by atoms with Crippen LogP contribution in [0.15, 0.2) is 0 Å². The molecule has 5 atom stereocenters. The molecule has 4 rings (SSSR count). The molecule has 4 fully saturated rings. The van der Waals surface area contributed by atoms with E-state index in [0.717, 1.165) is 32.1 Å². The maximum atomic E-state index is 12.6. The first-order valence-electron chi connectivity index (χ1n) is 8.90. The van der Waals surface area contributed by atoms with Gasteiger partial charge in [-0.05, 0) is 63.2 Å². The molecule has 0 aliphatic heterocycles. The lowest BCUT2D eigenvalue weighted by atomic mass is 9.48. The first kappa shape index (κ1) is 16.7. The van der Waals surface area contributed by atoms with E-state index in [9.17, 15) is 14.7 Å². The molecule has 0 heterocycles. The second-order valence-electron chi connectivity index (χ2n) is 8.64. The molecular formula is C18H29NO4. The van der Waals surface area contributed by atoms with Gasteiger partial charge in [-0.1, -0.05) is 13.8 Å². The summed E-state index contributed by atoms with van der Waals surface area (Å²) in [7, 11) is 0. The van der Waals surface area contributed by atoms with E-state index in [1.54, 1.807) is 0 Å². The third kappa shape index (κ3) is 3.25. The van der Waals surface area contributed by atoms with Gasteiger partial charge in [-0.25, -0.2) is 0 Å². The van der Waals surface area contributed by atoms with Crippen molar-refractivity contribution in [1.82, 2.24) is 5.32 Å². The molecule has 4 aliphatic rings. The topological polar surface area (TPSA) is 75.6 Å². The SMILES string of the molecule is CC(C)[C@@H](C)NC(=O)COC(=O)C12C[C@@H]3C[C@@H](CC(O)(C3)C1)C2. The molecule has 2 unspecified atom stereocenters. The van der Waals surface area contributed by atoms with Gasteiger partial charge in [0.15, 0.2) is 6.61 Å². The normalized spacial score (nSPS) is 39.3. The minimum absolute atomic E-state index is 0.0569.